The Bertz CT molecular complexity index is 937. The van der Waals surface area contributed by atoms with E-state index in [0.29, 0.717) is 29.5 Å². The van der Waals surface area contributed by atoms with Gasteiger partial charge in [0.05, 0.1) is 25.3 Å². The highest BCUT2D eigenvalue weighted by Gasteiger charge is 2.31. The molecule has 1 aliphatic carbocycles. The van der Waals surface area contributed by atoms with Crippen molar-refractivity contribution in [1.29, 1.82) is 0 Å². The molecule has 0 saturated heterocycles. The molecular formula is C20H23N5O3S. The highest BCUT2D eigenvalue weighted by atomic mass is 32.2. The number of urea groups is 1. The Morgan fingerprint density at radius 2 is 2.07 bits per heavy atom. The number of hydrogen-bond acceptors (Lipinski definition) is 6. The van der Waals surface area contributed by atoms with E-state index in [4.69, 9.17) is 4.74 Å². The Balaban J connectivity index is 1.55. The minimum atomic E-state index is -0.417. The van der Waals surface area contributed by atoms with Crippen molar-refractivity contribution in [2.45, 2.75) is 37.4 Å². The highest BCUT2D eigenvalue weighted by molar-refractivity contribution is 7.99. The van der Waals surface area contributed by atoms with E-state index in [2.05, 4.69) is 37.5 Å². The molecule has 9 heteroatoms. The Morgan fingerprint density at radius 3 is 2.79 bits per heavy atom. The van der Waals surface area contributed by atoms with Crippen LogP contribution in [-0.2, 0) is 16.1 Å². The minimum absolute atomic E-state index is 0.157. The third-order valence-corrected chi connectivity index (χ3v) is 5.79. The van der Waals surface area contributed by atoms with Crippen molar-refractivity contribution >= 4 is 23.8 Å². The summed E-state index contributed by atoms with van der Waals surface area (Å²) in [4.78, 5) is 24.0. The van der Waals surface area contributed by atoms with E-state index in [0.717, 1.165) is 23.8 Å². The molecule has 2 N–H and O–H groups in total. The van der Waals surface area contributed by atoms with Gasteiger partial charge in [-0.25, -0.2) is 9.59 Å². The first-order valence-corrected chi connectivity index (χ1v) is 10.7. The summed E-state index contributed by atoms with van der Waals surface area (Å²) >= 11 is 1.46. The largest absolute Gasteiger partial charge is 0.463 e. The fourth-order valence-corrected chi connectivity index (χ4v) is 4.10. The number of carbonyl (C=O) groups excluding carboxylic acids is 2. The standard InChI is InChI=1S/C20H23N5O3S/c1-2-28-18(26)15-10-21-19(27)22-16(15)12-29-20-24-23-17(14-8-9-14)25(20)11-13-6-4-3-5-7-13/h3-7,14H,2,8-12H2,1H3,(H2,21,22,27). The molecule has 29 heavy (non-hydrogen) atoms. The fraction of sp³-hybridized carbons (Fsp3) is 0.400. The van der Waals surface area contributed by atoms with Gasteiger partial charge in [-0.1, -0.05) is 42.1 Å². The first kappa shape index (κ1) is 19.5. The van der Waals surface area contributed by atoms with E-state index in [1.807, 2.05) is 18.2 Å². The van der Waals surface area contributed by atoms with E-state index in [1.165, 1.54) is 17.3 Å². The molecule has 1 aromatic heterocycles. The lowest BCUT2D eigenvalue weighted by molar-refractivity contribution is -0.138. The molecule has 0 atom stereocenters. The number of thioether (sulfide) groups is 1. The van der Waals surface area contributed by atoms with Gasteiger partial charge in [0.15, 0.2) is 5.16 Å². The van der Waals surface area contributed by atoms with Crippen molar-refractivity contribution in [3.63, 3.8) is 0 Å². The van der Waals surface area contributed by atoms with Crippen LogP contribution in [0, 0.1) is 0 Å². The SMILES string of the molecule is CCOC(=O)C1=C(CSc2nnc(C3CC3)n2Cc2ccccc2)NC(=O)NC1. The smallest absolute Gasteiger partial charge is 0.337 e. The van der Waals surface area contributed by atoms with Crippen LogP contribution in [-0.4, -0.2) is 45.7 Å². The highest BCUT2D eigenvalue weighted by Crippen LogP contribution is 2.40. The van der Waals surface area contributed by atoms with Crippen LogP contribution in [0.4, 0.5) is 4.79 Å². The van der Waals surface area contributed by atoms with E-state index in [9.17, 15) is 9.59 Å². The molecule has 4 rings (SSSR count). The molecule has 0 unspecified atom stereocenters. The van der Waals surface area contributed by atoms with Gasteiger partial charge < -0.3 is 19.9 Å². The Kier molecular flexibility index (Phi) is 5.84. The zero-order valence-corrected chi connectivity index (χ0v) is 17.0. The molecule has 2 heterocycles. The number of benzene rings is 1. The molecule has 1 aromatic carbocycles. The summed E-state index contributed by atoms with van der Waals surface area (Å²) in [5.74, 6) is 1.46. The van der Waals surface area contributed by atoms with Gasteiger partial charge in [0, 0.05) is 17.4 Å². The Hall–Kier alpha value is -2.81. The first-order valence-electron chi connectivity index (χ1n) is 9.69. The van der Waals surface area contributed by atoms with Crippen molar-refractivity contribution in [3.05, 3.63) is 53.0 Å². The van der Waals surface area contributed by atoms with Gasteiger partial charge in [-0.05, 0) is 25.3 Å². The number of aromatic nitrogens is 3. The molecule has 2 amide bonds. The quantitative estimate of drug-likeness (QED) is 0.510. The molecule has 1 saturated carbocycles. The number of nitrogens with one attached hydrogen (secondary N) is 2. The molecule has 1 aliphatic heterocycles. The van der Waals surface area contributed by atoms with Crippen molar-refractivity contribution in [2.75, 3.05) is 18.9 Å². The number of carbonyl (C=O) groups is 2. The average Bonchev–Trinajstić information content (AvgIpc) is 3.49. The van der Waals surface area contributed by atoms with Gasteiger partial charge in [0.25, 0.3) is 0 Å². The van der Waals surface area contributed by atoms with Gasteiger partial charge in [-0.2, -0.15) is 0 Å². The lowest BCUT2D eigenvalue weighted by atomic mass is 10.2. The summed E-state index contributed by atoms with van der Waals surface area (Å²) in [7, 11) is 0. The zero-order chi connectivity index (χ0) is 20.2. The van der Waals surface area contributed by atoms with E-state index in [1.54, 1.807) is 6.92 Å². The third kappa shape index (κ3) is 4.61. The second-order valence-electron chi connectivity index (χ2n) is 6.96. The predicted octanol–water partition coefficient (Wildman–Crippen LogP) is 2.43. The Morgan fingerprint density at radius 1 is 1.28 bits per heavy atom. The molecule has 152 valence electrons. The van der Waals surface area contributed by atoms with Crippen LogP contribution in [0.25, 0.3) is 0 Å². The molecule has 8 nitrogen and oxygen atoms in total. The summed E-state index contributed by atoms with van der Waals surface area (Å²) in [6.45, 7) is 2.89. The lowest BCUT2D eigenvalue weighted by Crippen LogP contribution is -2.44. The average molecular weight is 414 g/mol. The van der Waals surface area contributed by atoms with Gasteiger partial charge >= 0.3 is 12.0 Å². The third-order valence-electron chi connectivity index (χ3n) is 4.79. The second-order valence-corrected chi connectivity index (χ2v) is 7.90. The zero-order valence-electron chi connectivity index (χ0n) is 16.2. The monoisotopic (exact) mass is 413 g/mol. The number of nitrogens with zero attached hydrogens (tertiary/aromatic N) is 3. The van der Waals surface area contributed by atoms with Crippen LogP contribution in [0.15, 0.2) is 46.8 Å². The summed E-state index contributed by atoms with van der Waals surface area (Å²) in [6, 6.07) is 9.88. The van der Waals surface area contributed by atoms with Crippen molar-refractivity contribution < 1.29 is 14.3 Å². The van der Waals surface area contributed by atoms with Crippen molar-refractivity contribution in [3.8, 4) is 0 Å². The maximum absolute atomic E-state index is 12.2. The van der Waals surface area contributed by atoms with E-state index >= 15 is 0 Å². The van der Waals surface area contributed by atoms with Crippen molar-refractivity contribution in [1.82, 2.24) is 25.4 Å². The van der Waals surface area contributed by atoms with E-state index in [-0.39, 0.29) is 19.2 Å². The molecule has 0 bridgehead atoms. The van der Waals surface area contributed by atoms with Gasteiger partial charge in [-0.15, -0.1) is 10.2 Å². The number of amides is 2. The second kappa shape index (κ2) is 8.69. The van der Waals surface area contributed by atoms with Crippen LogP contribution >= 0.6 is 11.8 Å². The molecule has 0 radical (unpaired) electrons. The van der Waals surface area contributed by atoms with Gasteiger partial charge in [0.2, 0.25) is 0 Å². The summed E-state index contributed by atoms with van der Waals surface area (Å²) in [5.41, 5.74) is 2.17. The maximum atomic E-state index is 12.2. The number of rotatable bonds is 8. The lowest BCUT2D eigenvalue weighted by Gasteiger charge is -2.21. The van der Waals surface area contributed by atoms with Gasteiger partial charge in [0.1, 0.15) is 5.82 Å². The van der Waals surface area contributed by atoms with Crippen LogP contribution in [0.1, 0.15) is 37.1 Å². The number of hydrogen-bond donors (Lipinski definition) is 2. The van der Waals surface area contributed by atoms with E-state index < -0.39 is 5.97 Å². The molecule has 2 aliphatic rings. The van der Waals surface area contributed by atoms with Crippen LogP contribution in [0.2, 0.25) is 0 Å². The van der Waals surface area contributed by atoms with Crippen LogP contribution in [0.5, 0.6) is 0 Å². The maximum Gasteiger partial charge on any atom is 0.337 e. The van der Waals surface area contributed by atoms with Crippen LogP contribution in [0.3, 0.4) is 0 Å². The van der Waals surface area contributed by atoms with Crippen molar-refractivity contribution in [2.24, 2.45) is 0 Å². The normalized spacial score (nSPS) is 16.4. The van der Waals surface area contributed by atoms with Crippen LogP contribution < -0.4 is 10.6 Å². The molecule has 2 aromatic rings. The minimum Gasteiger partial charge on any atom is -0.463 e. The fourth-order valence-electron chi connectivity index (χ4n) is 3.17. The molecule has 1 fully saturated rings. The Labute approximate surface area is 173 Å². The molecular weight excluding hydrogens is 390 g/mol. The summed E-state index contributed by atoms with van der Waals surface area (Å²) < 4.78 is 7.26. The number of esters is 1. The number of ether oxygens (including phenoxy) is 1. The topological polar surface area (TPSA) is 98.1 Å². The first-order chi connectivity index (χ1) is 14.2. The van der Waals surface area contributed by atoms with Gasteiger partial charge in [-0.3, -0.25) is 0 Å². The predicted molar refractivity (Wildman–Crippen MR) is 108 cm³/mol. The summed E-state index contributed by atoms with van der Waals surface area (Å²) in [5, 5.41) is 14.9. The summed E-state index contributed by atoms with van der Waals surface area (Å²) in [6.07, 6.45) is 2.27. The molecule has 0 spiro atoms.